The Labute approximate surface area is 111 Å². The summed E-state index contributed by atoms with van der Waals surface area (Å²) in [6.07, 6.45) is 1.59. The molecule has 5 nitrogen and oxygen atoms in total. The van der Waals surface area contributed by atoms with Gasteiger partial charge in [0.25, 0.3) is 0 Å². The average Bonchev–Trinajstić information content (AvgIpc) is 2.32. The van der Waals surface area contributed by atoms with Crippen molar-refractivity contribution in [2.45, 2.75) is 19.9 Å². The second kappa shape index (κ2) is 5.64. The Kier molecular flexibility index (Phi) is 3.94. The Bertz CT molecular complexity index is 512. The van der Waals surface area contributed by atoms with E-state index in [9.17, 15) is 0 Å². The van der Waals surface area contributed by atoms with Gasteiger partial charge in [0, 0.05) is 16.8 Å². The Hall–Kier alpha value is -1.88. The molecule has 0 unspecified atom stereocenters. The molecule has 18 heavy (non-hydrogen) atoms. The fourth-order valence-electron chi connectivity index (χ4n) is 1.38. The molecule has 6 heteroatoms. The molecule has 1 aromatic heterocycles. The molecule has 1 aromatic carbocycles. The number of aromatic nitrogens is 3. The zero-order chi connectivity index (χ0) is 13.0. The predicted molar refractivity (Wildman–Crippen MR) is 73.3 cm³/mol. The number of benzene rings is 1. The second-order valence-electron chi connectivity index (χ2n) is 4.10. The Balaban J connectivity index is 2.11. The summed E-state index contributed by atoms with van der Waals surface area (Å²) >= 11 is 5.82. The van der Waals surface area contributed by atoms with E-state index in [1.165, 1.54) is 0 Å². The van der Waals surface area contributed by atoms with Gasteiger partial charge in [-0.25, -0.2) is 0 Å². The van der Waals surface area contributed by atoms with Gasteiger partial charge >= 0.3 is 0 Å². The van der Waals surface area contributed by atoms with Crippen LogP contribution in [0.3, 0.4) is 0 Å². The number of rotatable bonds is 4. The van der Waals surface area contributed by atoms with Gasteiger partial charge in [0.2, 0.25) is 5.95 Å². The summed E-state index contributed by atoms with van der Waals surface area (Å²) in [5.74, 6) is 1.14. The molecule has 0 aliphatic carbocycles. The summed E-state index contributed by atoms with van der Waals surface area (Å²) in [7, 11) is 0. The first-order chi connectivity index (χ1) is 8.63. The van der Waals surface area contributed by atoms with Crippen LogP contribution < -0.4 is 10.6 Å². The molecule has 0 aliphatic rings. The van der Waals surface area contributed by atoms with E-state index in [0.29, 0.717) is 22.8 Å². The van der Waals surface area contributed by atoms with Crippen LogP contribution in [0, 0.1) is 0 Å². The molecule has 94 valence electrons. The highest BCUT2D eigenvalue weighted by Gasteiger charge is 2.02. The third-order valence-electron chi connectivity index (χ3n) is 2.10. The number of anilines is 3. The average molecular weight is 264 g/mol. The number of nitrogens with zero attached hydrogens (tertiary/aromatic N) is 3. The molecule has 2 N–H and O–H groups in total. The van der Waals surface area contributed by atoms with Gasteiger partial charge in [-0.1, -0.05) is 11.6 Å². The Morgan fingerprint density at radius 1 is 1.17 bits per heavy atom. The molecule has 0 fully saturated rings. The highest BCUT2D eigenvalue weighted by molar-refractivity contribution is 6.30. The van der Waals surface area contributed by atoms with E-state index in [2.05, 4.69) is 25.8 Å². The molecule has 2 aromatic rings. The molecule has 0 bridgehead atoms. The van der Waals surface area contributed by atoms with Crippen LogP contribution in [-0.2, 0) is 0 Å². The zero-order valence-electron chi connectivity index (χ0n) is 10.2. The van der Waals surface area contributed by atoms with Crippen LogP contribution in [0.25, 0.3) is 0 Å². The van der Waals surface area contributed by atoms with E-state index in [0.717, 1.165) is 5.69 Å². The van der Waals surface area contributed by atoms with Crippen molar-refractivity contribution in [3.63, 3.8) is 0 Å². The molecule has 0 amide bonds. The molecule has 0 spiro atoms. The summed E-state index contributed by atoms with van der Waals surface area (Å²) in [5.41, 5.74) is 0.864. The van der Waals surface area contributed by atoms with Crippen molar-refractivity contribution in [2.24, 2.45) is 0 Å². The number of hydrogen-bond donors (Lipinski definition) is 2. The summed E-state index contributed by atoms with van der Waals surface area (Å²) in [6, 6.07) is 7.61. The minimum absolute atomic E-state index is 0.296. The van der Waals surface area contributed by atoms with Crippen molar-refractivity contribution >= 4 is 29.1 Å². The van der Waals surface area contributed by atoms with E-state index >= 15 is 0 Å². The van der Waals surface area contributed by atoms with Crippen LogP contribution >= 0.6 is 11.6 Å². The van der Waals surface area contributed by atoms with Crippen molar-refractivity contribution in [1.29, 1.82) is 0 Å². The number of hydrogen-bond acceptors (Lipinski definition) is 5. The highest BCUT2D eigenvalue weighted by atomic mass is 35.5. The maximum Gasteiger partial charge on any atom is 0.249 e. The topological polar surface area (TPSA) is 62.7 Å². The summed E-state index contributed by atoms with van der Waals surface area (Å²) in [4.78, 5) is 4.30. The van der Waals surface area contributed by atoms with E-state index in [4.69, 9.17) is 11.6 Å². The van der Waals surface area contributed by atoms with Crippen molar-refractivity contribution in [3.05, 3.63) is 35.5 Å². The minimum atomic E-state index is 0.296. The van der Waals surface area contributed by atoms with Gasteiger partial charge in [0.15, 0.2) is 5.82 Å². The van der Waals surface area contributed by atoms with Crippen LogP contribution in [0.15, 0.2) is 30.5 Å². The molecule has 0 aliphatic heterocycles. The quantitative estimate of drug-likeness (QED) is 0.888. The van der Waals surface area contributed by atoms with Crippen LogP contribution in [0.2, 0.25) is 5.02 Å². The fraction of sp³-hybridized carbons (Fsp3) is 0.250. The van der Waals surface area contributed by atoms with Gasteiger partial charge in [-0.05, 0) is 38.1 Å². The van der Waals surface area contributed by atoms with Crippen LogP contribution in [0.4, 0.5) is 17.5 Å². The lowest BCUT2D eigenvalue weighted by molar-refractivity contribution is 0.873. The number of nitrogens with one attached hydrogen (secondary N) is 2. The van der Waals surface area contributed by atoms with Crippen molar-refractivity contribution < 1.29 is 0 Å². The van der Waals surface area contributed by atoms with Gasteiger partial charge in [0.1, 0.15) is 0 Å². The largest absolute Gasteiger partial charge is 0.366 e. The van der Waals surface area contributed by atoms with Crippen molar-refractivity contribution in [3.8, 4) is 0 Å². The van der Waals surface area contributed by atoms with Gasteiger partial charge in [-0.15, -0.1) is 5.10 Å². The monoisotopic (exact) mass is 263 g/mol. The van der Waals surface area contributed by atoms with E-state index in [1.807, 2.05) is 26.0 Å². The van der Waals surface area contributed by atoms with Gasteiger partial charge in [0.05, 0.1) is 6.20 Å². The maximum atomic E-state index is 5.82. The first kappa shape index (κ1) is 12.6. The summed E-state index contributed by atoms with van der Waals surface area (Å²) in [5, 5.41) is 14.7. The van der Waals surface area contributed by atoms with Gasteiger partial charge < -0.3 is 10.6 Å². The zero-order valence-corrected chi connectivity index (χ0v) is 10.9. The highest BCUT2D eigenvalue weighted by Crippen LogP contribution is 2.16. The molecular formula is C12H14ClN5. The molecule has 2 rings (SSSR count). The van der Waals surface area contributed by atoms with Crippen LogP contribution in [0.1, 0.15) is 13.8 Å². The van der Waals surface area contributed by atoms with E-state index < -0.39 is 0 Å². The van der Waals surface area contributed by atoms with Crippen molar-refractivity contribution in [2.75, 3.05) is 10.6 Å². The third kappa shape index (κ3) is 3.56. The second-order valence-corrected chi connectivity index (χ2v) is 4.53. The van der Waals surface area contributed by atoms with Crippen LogP contribution in [-0.4, -0.2) is 21.2 Å². The molecule has 0 atom stereocenters. The molecule has 0 saturated heterocycles. The standard InChI is InChI=1S/C12H14ClN5/c1-8(2)15-11-7-14-18-12(17-11)16-10-5-3-9(13)4-6-10/h3-8H,1-2H3,(H2,15,16,17,18). The first-order valence-electron chi connectivity index (χ1n) is 5.62. The van der Waals surface area contributed by atoms with E-state index in [-0.39, 0.29) is 0 Å². The SMILES string of the molecule is CC(C)Nc1cnnc(Nc2ccc(Cl)cc2)n1. The maximum absolute atomic E-state index is 5.82. The normalized spacial score (nSPS) is 10.4. The lowest BCUT2D eigenvalue weighted by atomic mass is 10.3. The molecular weight excluding hydrogens is 250 g/mol. The van der Waals surface area contributed by atoms with Crippen molar-refractivity contribution in [1.82, 2.24) is 15.2 Å². The van der Waals surface area contributed by atoms with E-state index in [1.54, 1.807) is 18.3 Å². The molecule has 1 heterocycles. The van der Waals surface area contributed by atoms with Gasteiger partial charge in [-0.2, -0.15) is 10.1 Å². The lowest BCUT2D eigenvalue weighted by Gasteiger charge is -2.09. The minimum Gasteiger partial charge on any atom is -0.366 e. The molecule has 0 saturated carbocycles. The fourth-order valence-corrected chi connectivity index (χ4v) is 1.51. The number of halogens is 1. The Morgan fingerprint density at radius 2 is 1.89 bits per heavy atom. The lowest BCUT2D eigenvalue weighted by Crippen LogP contribution is -2.12. The summed E-state index contributed by atoms with van der Waals surface area (Å²) in [6.45, 7) is 4.07. The summed E-state index contributed by atoms with van der Waals surface area (Å²) < 4.78 is 0. The first-order valence-corrected chi connectivity index (χ1v) is 6.00. The Morgan fingerprint density at radius 3 is 2.56 bits per heavy atom. The smallest absolute Gasteiger partial charge is 0.249 e. The van der Waals surface area contributed by atoms with Crippen LogP contribution in [0.5, 0.6) is 0 Å². The molecule has 0 radical (unpaired) electrons. The van der Waals surface area contributed by atoms with Gasteiger partial charge in [-0.3, -0.25) is 0 Å². The third-order valence-corrected chi connectivity index (χ3v) is 2.35. The predicted octanol–water partition coefficient (Wildman–Crippen LogP) is 3.09.